The quantitative estimate of drug-likeness (QED) is 0.668. The second-order valence-corrected chi connectivity index (χ2v) is 3.67. The minimum Gasteiger partial charge on any atom is -0.478 e. The average molecular weight is 213 g/mol. The second-order valence-electron chi connectivity index (χ2n) is 3.67. The predicted octanol–water partition coefficient (Wildman–Crippen LogP) is 0.263. The first kappa shape index (κ1) is 11.7. The smallest absolute Gasteiger partial charge is 0.328 e. The number of carboxylic acids is 1. The zero-order valence-corrected chi connectivity index (χ0v) is 8.84. The number of hydrogen-bond donors (Lipinski definition) is 1. The van der Waals surface area contributed by atoms with Crippen LogP contribution in [0, 0.1) is 0 Å². The molecule has 0 aliphatic carbocycles. The Bertz CT molecular complexity index is 277. The van der Waals surface area contributed by atoms with Gasteiger partial charge >= 0.3 is 5.97 Å². The van der Waals surface area contributed by atoms with Crippen LogP contribution in [0.1, 0.15) is 13.8 Å². The fraction of sp³-hybridized carbons (Fsp3) is 0.600. The fourth-order valence-electron chi connectivity index (χ4n) is 1.61. The number of hydrogen-bond acceptors (Lipinski definition) is 3. The molecule has 1 N–H and O–H groups in total. The highest BCUT2D eigenvalue weighted by Crippen LogP contribution is 2.10. The monoisotopic (exact) mass is 213 g/mol. The Balaban J connectivity index is 2.55. The van der Waals surface area contributed by atoms with Crippen molar-refractivity contribution in [3.05, 3.63) is 12.2 Å². The Hall–Kier alpha value is -1.36. The molecule has 0 aromatic rings. The Morgan fingerprint density at radius 1 is 1.27 bits per heavy atom. The van der Waals surface area contributed by atoms with Crippen LogP contribution < -0.4 is 0 Å². The minimum absolute atomic E-state index is 0.00377. The van der Waals surface area contributed by atoms with Crippen molar-refractivity contribution in [2.45, 2.75) is 26.1 Å². The Labute approximate surface area is 88.3 Å². The number of aliphatic carboxylic acids is 1. The van der Waals surface area contributed by atoms with E-state index in [4.69, 9.17) is 9.84 Å². The maximum Gasteiger partial charge on any atom is 0.328 e. The van der Waals surface area contributed by atoms with Gasteiger partial charge in [-0.25, -0.2) is 4.79 Å². The Kier molecular flexibility index (Phi) is 3.85. The first-order valence-corrected chi connectivity index (χ1v) is 4.84. The molecule has 0 saturated carbocycles. The lowest BCUT2D eigenvalue weighted by Gasteiger charge is -2.34. The first-order chi connectivity index (χ1) is 6.99. The van der Waals surface area contributed by atoms with E-state index in [9.17, 15) is 9.59 Å². The molecule has 0 spiro atoms. The third-order valence-corrected chi connectivity index (χ3v) is 2.10. The number of carbonyl (C=O) groups excluding carboxylic acids is 1. The molecule has 2 unspecified atom stereocenters. The highest BCUT2D eigenvalue weighted by molar-refractivity contribution is 5.93. The van der Waals surface area contributed by atoms with Gasteiger partial charge in [-0.3, -0.25) is 4.79 Å². The summed E-state index contributed by atoms with van der Waals surface area (Å²) < 4.78 is 5.46. The molecule has 1 fully saturated rings. The van der Waals surface area contributed by atoms with E-state index in [2.05, 4.69) is 0 Å². The fourth-order valence-corrected chi connectivity index (χ4v) is 1.61. The van der Waals surface area contributed by atoms with Crippen molar-refractivity contribution in [2.24, 2.45) is 0 Å². The van der Waals surface area contributed by atoms with E-state index in [1.54, 1.807) is 4.90 Å². The summed E-state index contributed by atoms with van der Waals surface area (Å²) in [6.07, 6.45) is 1.92. The van der Waals surface area contributed by atoms with Gasteiger partial charge in [-0.2, -0.15) is 0 Å². The van der Waals surface area contributed by atoms with Crippen LogP contribution in [0.5, 0.6) is 0 Å². The summed E-state index contributed by atoms with van der Waals surface area (Å²) in [5, 5.41) is 8.38. The van der Waals surface area contributed by atoms with Gasteiger partial charge in [0.25, 0.3) is 0 Å². The van der Waals surface area contributed by atoms with E-state index in [1.807, 2.05) is 13.8 Å². The van der Waals surface area contributed by atoms with Gasteiger partial charge in [0.1, 0.15) is 0 Å². The highest BCUT2D eigenvalue weighted by Gasteiger charge is 2.24. The van der Waals surface area contributed by atoms with Gasteiger partial charge in [0.05, 0.1) is 12.2 Å². The van der Waals surface area contributed by atoms with Crippen molar-refractivity contribution in [2.75, 3.05) is 13.1 Å². The lowest BCUT2D eigenvalue weighted by atomic mass is 10.2. The zero-order chi connectivity index (χ0) is 11.4. The molecule has 1 heterocycles. The van der Waals surface area contributed by atoms with E-state index >= 15 is 0 Å². The minimum atomic E-state index is -1.11. The van der Waals surface area contributed by atoms with Crippen LogP contribution >= 0.6 is 0 Å². The Morgan fingerprint density at radius 3 is 2.27 bits per heavy atom. The van der Waals surface area contributed by atoms with Crippen molar-refractivity contribution in [1.29, 1.82) is 0 Å². The SMILES string of the molecule is CC1CN(C(=O)/C=C\C(=O)O)CC(C)O1. The Morgan fingerprint density at radius 2 is 1.80 bits per heavy atom. The molecule has 0 radical (unpaired) electrons. The van der Waals surface area contributed by atoms with E-state index in [1.165, 1.54) is 0 Å². The second kappa shape index (κ2) is 4.93. The number of carbonyl (C=O) groups is 2. The normalized spacial score (nSPS) is 26.9. The summed E-state index contributed by atoms with van der Waals surface area (Å²) in [5.41, 5.74) is 0. The summed E-state index contributed by atoms with van der Waals surface area (Å²) in [5.74, 6) is -1.39. The molecule has 5 nitrogen and oxygen atoms in total. The van der Waals surface area contributed by atoms with Crippen molar-refractivity contribution < 1.29 is 19.4 Å². The molecule has 1 aliphatic rings. The van der Waals surface area contributed by atoms with Crippen molar-refractivity contribution >= 4 is 11.9 Å². The molecule has 0 aromatic heterocycles. The largest absolute Gasteiger partial charge is 0.478 e. The van der Waals surface area contributed by atoms with Crippen molar-refractivity contribution in [3.8, 4) is 0 Å². The number of amides is 1. The van der Waals surface area contributed by atoms with Crippen LogP contribution in [-0.2, 0) is 14.3 Å². The lowest BCUT2D eigenvalue weighted by Crippen LogP contribution is -2.47. The molecular formula is C10H15NO4. The van der Waals surface area contributed by atoms with E-state index in [-0.39, 0.29) is 18.1 Å². The maximum atomic E-state index is 11.5. The topological polar surface area (TPSA) is 66.8 Å². The van der Waals surface area contributed by atoms with Gasteiger partial charge in [0.2, 0.25) is 5.91 Å². The summed E-state index contributed by atoms with van der Waals surface area (Å²) in [4.78, 5) is 23.3. The van der Waals surface area contributed by atoms with Crippen LogP contribution in [0.3, 0.4) is 0 Å². The van der Waals surface area contributed by atoms with Gasteiger partial charge < -0.3 is 14.7 Å². The van der Waals surface area contributed by atoms with E-state index in [0.29, 0.717) is 13.1 Å². The summed E-state index contributed by atoms with van der Waals surface area (Å²) in [6.45, 7) is 4.79. The number of morpholine rings is 1. The molecule has 1 amide bonds. The number of nitrogens with zero attached hydrogens (tertiary/aromatic N) is 1. The molecule has 84 valence electrons. The number of ether oxygens (including phenoxy) is 1. The van der Waals surface area contributed by atoms with Gasteiger partial charge in [0, 0.05) is 25.2 Å². The average Bonchev–Trinajstić information content (AvgIpc) is 2.12. The predicted molar refractivity (Wildman–Crippen MR) is 53.4 cm³/mol. The van der Waals surface area contributed by atoms with Crippen molar-refractivity contribution in [1.82, 2.24) is 4.90 Å². The molecule has 2 atom stereocenters. The molecule has 5 heteroatoms. The van der Waals surface area contributed by atoms with Gasteiger partial charge in [0.15, 0.2) is 0 Å². The van der Waals surface area contributed by atoms with Crippen LogP contribution in [0.15, 0.2) is 12.2 Å². The summed E-state index contributed by atoms with van der Waals surface area (Å²) in [6, 6.07) is 0. The number of carboxylic acid groups (broad SMARTS) is 1. The maximum absolute atomic E-state index is 11.5. The first-order valence-electron chi connectivity index (χ1n) is 4.84. The van der Waals surface area contributed by atoms with Crippen LogP contribution in [-0.4, -0.2) is 47.2 Å². The van der Waals surface area contributed by atoms with Crippen LogP contribution in [0.25, 0.3) is 0 Å². The van der Waals surface area contributed by atoms with Gasteiger partial charge in [-0.15, -0.1) is 0 Å². The summed E-state index contributed by atoms with van der Waals surface area (Å²) >= 11 is 0. The van der Waals surface area contributed by atoms with Gasteiger partial charge in [-0.1, -0.05) is 0 Å². The third-order valence-electron chi connectivity index (χ3n) is 2.10. The molecule has 15 heavy (non-hydrogen) atoms. The van der Waals surface area contributed by atoms with Gasteiger partial charge in [-0.05, 0) is 13.8 Å². The van der Waals surface area contributed by atoms with Crippen molar-refractivity contribution in [3.63, 3.8) is 0 Å². The molecule has 1 saturated heterocycles. The molecule has 0 aromatic carbocycles. The lowest BCUT2D eigenvalue weighted by molar-refractivity contribution is -0.138. The standard InChI is InChI=1S/C10H15NO4/c1-7-5-11(6-8(2)15-7)9(12)3-4-10(13)14/h3-4,7-8H,5-6H2,1-2H3,(H,13,14)/b4-3-. The summed E-state index contributed by atoms with van der Waals surface area (Å²) in [7, 11) is 0. The molecular weight excluding hydrogens is 198 g/mol. The molecule has 1 aliphatic heterocycles. The zero-order valence-electron chi connectivity index (χ0n) is 8.84. The molecule has 0 bridgehead atoms. The van der Waals surface area contributed by atoms with E-state index < -0.39 is 5.97 Å². The number of rotatable bonds is 2. The third kappa shape index (κ3) is 3.71. The molecule has 1 rings (SSSR count). The van der Waals surface area contributed by atoms with Crippen LogP contribution in [0.4, 0.5) is 0 Å². The van der Waals surface area contributed by atoms with E-state index in [0.717, 1.165) is 12.2 Å². The van der Waals surface area contributed by atoms with Crippen LogP contribution in [0.2, 0.25) is 0 Å². The highest BCUT2D eigenvalue weighted by atomic mass is 16.5.